The molecule has 1 aromatic rings. The highest BCUT2D eigenvalue weighted by Crippen LogP contribution is 2.34. The quantitative estimate of drug-likeness (QED) is 0.824. The lowest BCUT2D eigenvalue weighted by Gasteiger charge is -2.24. The number of nitrogens with zero attached hydrogens (tertiary/aromatic N) is 2. The smallest absolute Gasteiger partial charge is 0.247 e. The second-order valence-corrected chi connectivity index (χ2v) is 4.31. The summed E-state index contributed by atoms with van der Waals surface area (Å²) in [4.78, 5) is 4.41. The average Bonchev–Trinajstić information content (AvgIpc) is 2.88. The van der Waals surface area contributed by atoms with E-state index in [-0.39, 0.29) is 5.54 Å². The molecule has 2 rings (SSSR count). The van der Waals surface area contributed by atoms with Gasteiger partial charge >= 0.3 is 0 Å². The monoisotopic (exact) mass is 225 g/mol. The molecule has 2 heterocycles. The molecular weight excluding hydrogens is 206 g/mol. The molecule has 0 radical (unpaired) electrons. The van der Waals surface area contributed by atoms with Crippen molar-refractivity contribution in [2.75, 3.05) is 13.7 Å². The summed E-state index contributed by atoms with van der Waals surface area (Å²) in [7, 11) is 1.63. The Bertz CT molecular complexity index is 332. The lowest BCUT2D eigenvalue weighted by atomic mass is 9.92. The van der Waals surface area contributed by atoms with Gasteiger partial charge in [0.05, 0.1) is 5.54 Å². The van der Waals surface area contributed by atoms with Crippen LogP contribution in [0.15, 0.2) is 4.52 Å². The van der Waals surface area contributed by atoms with E-state index < -0.39 is 0 Å². The first-order valence-electron chi connectivity index (χ1n) is 5.88. The molecule has 90 valence electrons. The molecule has 0 aromatic carbocycles. The van der Waals surface area contributed by atoms with Gasteiger partial charge in [0.1, 0.15) is 6.61 Å². The minimum atomic E-state index is -0.0895. The number of hydrogen-bond donors (Lipinski definition) is 1. The van der Waals surface area contributed by atoms with E-state index in [0.29, 0.717) is 12.4 Å². The highest BCUT2D eigenvalue weighted by atomic mass is 16.5. The molecule has 1 fully saturated rings. The molecule has 1 aliphatic rings. The molecule has 0 amide bonds. The summed E-state index contributed by atoms with van der Waals surface area (Å²) in [5.74, 6) is 1.35. The van der Waals surface area contributed by atoms with Crippen molar-refractivity contribution in [3.63, 3.8) is 0 Å². The van der Waals surface area contributed by atoms with E-state index >= 15 is 0 Å². The molecule has 0 bridgehead atoms. The van der Waals surface area contributed by atoms with Crippen molar-refractivity contribution in [2.45, 2.75) is 44.8 Å². The fraction of sp³-hybridized carbons (Fsp3) is 0.818. The molecule has 0 aliphatic carbocycles. The molecule has 5 heteroatoms. The van der Waals surface area contributed by atoms with Gasteiger partial charge in [0.25, 0.3) is 0 Å². The zero-order chi connectivity index (χ0) is 11.4. The average molecular weight is 225 g/mol. The summed E-state index contributed by atoms with van der Waals surface area (Å²) in [6, 6.07) is 0. The first-order chi connectivity index (χ1) is 7.80. The molecule has 1 N–H and O–H groups in total. The van der Waals surface area contributed by atoms with Crippen molar-refractivity contribution in [1.82, 2.24) is 15.5 Å². The number of aromatic nitrogens is 2. The highest BCUT2D eigenvalue weighted by molar-refractivity contribution is 5.06. The van der Waals surface area contributed by atoms with Crippen molar-refractivity contribution < 1.29 is 9.26 Å². The largest absolute Gasteiger partial charge is 0.377 e. The molecule has 1 saturated heterocycles. The van der Waals surface area contributed by atoms with Crippen LogP contribution >= 0.6 is 0 Å². The van der Waals surface area contributed by atoms with Gasteiger partial charge in [0.2, 0.25) is 5.89 Å². The second kappa shape index (κ2) is 4.93. The third-order valence-electron chi connectivity index (χ3n) is 3.07. The SMILES string of the molecule is CCCC1(c2nc(COC)no2)CCCN1. The zero-order valence-electron chi connectivity index (χ0n) is 9.95. The Labute approximate surface area is 95.6 Å². The van der Waals surface area contributed by atoms with Crippen LogP contribution < -0.4 is 5.32 Å². The van der Waals surface area contributed by atoms with Gasteiger partial charge in [-0.15, -0.1) is 0 Å². The Morgan fingerprint density at radius 3 is 3.06 bits per heavy atom. The van der Waals surface area contributed by atoms with Crippen molar-refractivity contribution in [3.8, 4) is 0 Å². The van der Waals surface area contributed by atoms with Gasteiger partial charge in [-0.25, -0.2) is 0 Å². The molecule has 1 atom stereocenters. The van der Waals surface area contributed by atoms with E-state index in [1.165, 1.54) is 6.42 Å². The van der Waals surface area contributed by atoms with Gasteiger partial charge in [-0.3, -0.25) is 0 Å². The Balaban J connectivity index is 2.18. The van der Waals surface area contributed by atoms with E-state index in [9.17, 15) is 0 Å². The molecule has 5 nitrogen and oxygen atoms in total. The first kappa shape index (κ1) is 11.5. The molecule has 16 heavy (non-hydrogen) atoms. The second-order valence-electron chi connectivity index (χ2n) is 4.31. The fourth-order valence-corrected chi connectivity index (χ4v) is 2.37. The van der Waals surface area contributed by atoms with Crippen LogP contribution in [0.3, 0.4) is 0 Å². The van der Waals surface area contributed by atoms with E-state index in [0.717, 1.165) is 31.7 Å². The number of ether oxygens (including phenoxy) is 1. The summed E-state index contributed by atoms with van der Waals surface area (Å²) in [5.41, 5.74) is -0.0895. The normalized spacial score (nSPS) is 25.1. The summed E-state index contributed by atoms with van der Waals surface area (Å²) >= 11 is 0. The van der Waals surface area contributed by atoms with Crippen LogP contribution in [0.1, 0.15) is 44.3 Å². The van der Waals surface area contributed by atoms with Crippen LogP contribution in [-0.2, 0) is 16.9 Å². The number of rotatable bonds is 5. The number of nitrogens with one attached hydrogen (secondary N) is 1. The molecule has 1 aromatic heterocycles. The number of methoxy groups -OCH3 is 1. The van der Waals surface area contributed by atoms with Crippen molar-refractivity contribution in [2.24, 2.45) is 0 Å². The molecular formula is C11H19N3O2. The van der Waals surface area contributed by atoms with Crippen LogP contribution in [-0.4, -0.2) is 23.8 Å². The third kappa shape index (κ3) is 2.10. The maximum Gasteiger partial charge on any atom is 0.247 e. The Kier molecular flexibility index (Phi) is 3.56. The molecule has 0 spiro atoms. The lowest BCUT2D eigenvalue weighted by molar-refractivity contribution is 0.174. The first-order valence-corrected chi connectivity index (χ1v) is 5.88. The van der Waals surface area contributed by atoms with Gasteiger partial charge in [0.15, 0.2) is 5.82 Å². The van der Waals surface area contributed by atoms with Gasteiger partial charge in [-0.1, -0.05) is 18.5 Å². The van der Waals surface area contributed by atoms with Gasteiger partial charge in [-0.05, 0) is 25.8 Å². The van der Waals surface area contributed by atoms with Crippen LogP contribution in [0.25, 0.3) is 0 Å². The van der Waals surface area contributed by atoms with E-state index in [4.69, 9.17) is 9.26 Å². The minimum Gasteiger partial charge on any atom is -0.377 e. The predicted octanol–water partition coefficient (Wildman–Crippen LogP) is 1.59. The maximum atomic E-state index is 5.35. The zero-order valence-corrected chi connectivity index (χ0v) is 9.95. The van der Waals surface area contributed by atoms with Crippen molar-refractivity contribution in [3.05, 3.63) is 11.7 Å². The standard InChI is InChI=1S/C11H19N3O2/c1-3-5-11(6-4-7-12-11)10-13-9(8-15-2)14-16-10/h12H,3-8H2,1-2H3. The van der Waals surface area contributed by atoms with Crippen molar-refractivity contribution >= 4 is 0 Å². The molecule has 1 unspecified atom stereocenters. The topological polar surface area (TPSA) is 60.2 Å². The minimum absolute atomic E-state index is 0.0895. The summed E-state index contributed by atoms with van der Waals surface area (Å²) in [6.45, 7) is 3.61. The summed E-state index contributed by atoms with van der Waals surface area (Å²) < 4.78 is 10.3. The van der Waals surface area contributed by atoms with Crippen LogP contribution in [0.5, 0.6) is 0 Å². The summed E-state index contributed by atoms with van der Waals surface area (Å²) in [5, 5.41) is 7.43. The lowest BCUT2D eigenvalue weighted by Crippen LogP contribution is -2.37. The van der Waals surface area contributed by atoms with Crippen LogP contribution in [0.4, 0.5) is 0 Å². The predicted molar refractivity (Wildman–Crippen MR) is 58.8 cm³/mol. The number of hydrogen-bond acceptors (Lipinski definition) is 5. The van der Waals surface area contributed by atoms with Crippen LogP contribution in [0.2, 0.25) is 0 Å². The molecule has 0 saturated carbocycles. The highest BCUT2D eigenvalue weighted by Gasteiger charge is 2.39. The Morgan fingerprint density at radius 1 is 1.56 bits per heavy atom. The maximum absolute atomic E-state index is 5.35. The van der Waals surface area contributed by atoms with Crippen molar-refractivity contribution in [1.29, 1.82) is 0 Å². The molecule has 1 aliphatic heterocycles. The van der Waals surface area contributed by atoms with E-state index in [2.05, 4.69) is 22.4 Å². The Morgan fingerprint density at radius 2 is 2.44 bits per heavy atom. The van der Waals surface area contributed by atoms with Gasteiger partial charge < -0.3 is 14.6 Å². The van der Waals surface area contributed by atoms with Gasteiger partial charge in [-0.2, -0.15) is 4.98 Å². The van der Waals surface area contributed by atoms with Crippen LogP contribution in [0, 0.1) is 0 Å². The summed E-state index contributed by atoms with van der Waals surface area (Å²) in [6.07, 6.45) is 4.40. The third-order valence-corrected chi connectivity index (χ3v) is 3.07. The van der Waals surface area contributed by atoms with E-state index in [1.54, 1.807) is 7.11 Å². The van der Waals surface area contributed by atoms with E-state index in [1.807, 2.05) is 0 Å². The Hall–Kier alpha value is -0.940. The van der Waals surface area contributed by atoms with Gasteiger partial charge in [0, 0.05) is 7.11 Å². The fourth-order valence-electron chi connectivity index (χ4n) is 2.37.